The zero-order valence-electron chi connectivity index (χ0n) is 10.8. The number of hydrogen-bond donors (Lipinski definition) is 0. The summed E-state index contributed by atoms with van der Waals surface area (Å²) in [7, 11) is 0. The maximum Gasteiger partial charge on any atom is 0.179 e. The minimum absolute atomic E-state index is 0.0628. The number of ketones is 1. The Morgan fingerprint density at radius 3 is 2.20 bits per heavy atom. The molecule has 20 heavy (non-hydrogen) atoms. The first-order valence-electron chi connectivity index (χ1n) is 6.68. The largest absolute Gasteiger partial charge is 0.290 e. The van der Waals surface area contributed by atoms with Crippen LogP contribution in [0.4, 0.5) is 0 Å². The number of fused-ring (bicyclic) bond motifs is 3. The van der Waals surface area contributed by atoms with Crippen LogP contribution in [0, 0.1) is 0 Å². The van der Waals surface area contributed by atoms with Gasteiger partial charge in [0.2, 0.25) is 0 Å². The lowest BCUT2D eigenvalue weighted by atomic mass is 9.95. The van der Waals surface area contributed by atoms with Crippen molar-refractivity contribution in [1.82, 2.24) is 0 Å². The first-order chi connectivity index (χ1) is 9.84. The Kier molecular flexibility index (Phi) is 2.33. The molecule has 0 N–H and O–H groups in total. The highest BCUT2D eigenvalue weighted by Crippen LogP contribution is 2.45. The minimum Gasteiger partial charge on any atom is -0.290 e. The van der Waals surface area contributed by atoms with Gasteiger partial charge in [-0.15, -0.1) is 0 Å². The van der Waals surface area contributed by atoms with E-state index < -0.39 is 0 Å². The highest BCUT2D eigenvalue weighted by molar-refractivity contribution is 6.17. The van der Waals surface area contributed by atoms with Crippen LogP contribution < -0.4 is 0 Å². The summed E-state index contributed by atoms with van der Waals surface area (Å²) in [5.41, 5.74) is 6.97. The molecule has 0 fully saturated rings. The molecular weight excluding hydrogens is 244 g/mol. The third-order valence-electron chi connectivity index (χ3n) is 3.81. The van der Waals surface area contributed by atoms with E-state index in [9.17, 15) is 4.79 Å². The van der Waals surface area contributed by atoms with E-state index in [1.165, 1.54) is 16.7 Å². The Hall–Kier alpha value is -2.67. The van der Waals surface area contributed by atoms with Crippen LogP contribution in [0.15, 0.2) is 78.4 Å². The van der Waals surface area contributed by atoms with E-state index in [0.717, 1.165) is 16.7 Å². The van der Waals surface area contributed by atoms with E-state index in [1.807, 2.05) is 36.4 Å². The summed E-state index contributed by atoms with van der Waals surface area (Å²) < 4.78 is 0. The molecule has 0 saturated carbocycles. The predicted octanol–water partition coefficient (Wildman–Crippen LogP) is 4.02. The SMILES string of the molecule is O=C1C=CC2=C(c3ccccc3)c3ccccc3C2=C1. The molecule has 0 amide bonds. The van der Waals surface area contributed by atoms with E-state index in [-0.39, 0.29) is 5.78 Å². The molecule has 0 aliphatic heterocycles. The molecule has 4 rings (SSSR count). The van der Waals surface area contributed by atoms with Crippen LogP contribution in [0.2, 0.25) is 0 Å². The summed E-state index contributed by atoms with van der Waals surface area (Å²) in [6.07, 6.45) is 5.33. The minimum atomic E-state index is 0.0628. The lowest BCUT2D eigenvalue weighted by Crippen LogP contribution is -1.96. The Bertz CT molecular complexity index is 805. The maximum absolute atomic E-state index is 11.7. The van der Waals surface area contributed by atoms with Gasteiger partial charge in [-0.3, -0.25) is 4.79 Å². The molecule has 0 bridgehead atoms. The van der Waals surface area contributed by atoms with Gasteiger partial charge < -0.3 is 0 Å². The predicted molar refractivity (Wildman–Crippen MR) is 81.0 cm³/mol. The number of rotatable bonds is 1. The summed E-state index contributed by atoms with van der Waals surface area (Å²) >= 11 is 0. The maximum atomic E-state index is 11.7. The molecule has 0 aromatic heterocycles. The van der Waals surface area contributed by atoms with Gasteiger partial charge in [-0.2, -0.15) is 0 Å². The van der Waals surface area contributed by atoms with Crippen LogP contribution in [0.1, 0.15) is 16.7 Å². The Balaban J connectivity index is 2.05. The van der Waals surface area contributed by atoms with Crippen molar-refractivity contribution in [2.75, 3.05) is 0 Å². The van der Waals surface area contributed by atoms with Crippen molar-refractivity contribution in [1.29, 1.82) is 0 Å². The number of carbonyl (C=O) groups excluding carboxylic acids is 1. The third kappa shape index (κ3) is 1.53. The highest BCUT2D eigenvalue weighted by atomic mass is 16.1. The number of carbonyl (C=O) groups is 1. The van der Waals surface area contributed by atoms with Gasteiger partial charge in [0.15, 0.2) is 5.78 Å². The normalized spacial score (nSPS) is 16.0. The fourth-order valence-electron chi connectivity index (χ4n) is 2.96. The van der Waals surface area contributed by atoms with Gasteiger partial charge in [-0.05, 0) is 51.6 Å². The van der Waals surface area contributed by atoms with Crippen LogP contribution in [0.25, 0.3) is 11.1 Å². The second-order valence-corrected chi connectivity index (χ2v) is 4.99. The van der Waals surface area contributed by atoms with Crippen LogP contribution in [-0.4, -0.2) is 5.78 Å². The van der Waals surface area contributed by atoms with Crippen LogP contribution >= 0.6 is 0 Å². The molecule has 2 aliphatic rings. The van der Waals surface area contributed by atoms with E-state index >= 15 is 0 Å². The van der Waals surface area contributed by atoms with Crippen LogP contribution in [0.3, 0.4) is 0 Å². The van der Waals surface area contributed by atoms with Crippen molar-refractivity contribution < 1.29 is 4.79 Å². The van der Waals surface area contributed by atoms with Crippen molar-refractivity contribution in [2.24, 2.45) is 0 Å². The number of hydrogen-bond acceptors (Lipinski definition) is 1. The third-order valence-corrected chi connectivity index (χ3v) is 3.81. The van der Waals surface area contributed by atoms with Gasteiger partial charge in [-0.1, -0.05) is 54.6 Å². The zero-order valence-corrected chi connectivity index (χ0v) is 10.8. The summed E-state index contributed by atoms with van der Waals surface area (Å²) in [5.74, 6) is 0.0628. The lowest BCUT2D eigenvalue weighted by molar-refractivity contribution is -0.110. The summed E-state index contributed by atoms with van der Waals surface area (Å²) in [6.45, 7) is 0. The van der Waals surface area contributed by atoms with Crippen molar-refractivity contribution in [3.8, 4) is 0 Å². The zero-order chi connectivity index (χ0) is 13.5. The standard InChI is InChI=1S/C19H12O/c20-14-10-11-17-18(12-14)15-8-4-5-9-16(15)19(17)13-6-2-1-3-7-13/h1-12H. The molecule has 0 spiro atoms. The van der Waals surface area contributed by atoms with E-state index in [2.05, 4.69) is 24.3 Å². The van der Waals surface area contributed by atoms with E-state index in [0.29, 0.717) is 0 Å². The van der Waals surface area contributed by atoms with Crippen LogP contribution in [0.5, 0.6) is 0 Å². The Morgan fingerprint density at radius 1 is 0.700 bits per heavy atom. The molecule has 0 atom stereocenters. The van der Waals surface area contributed by atoms with Crippen molar-refractivity contribution in [2.45, 2.75) is 0 Å². The first-order valence-corrected chi connectivity index (χ1v) is 6.68. The molecule has 0 saturated heterocycles. The number of allylic oxidation sites excluding steroid dienone is 5. The van der Waals surface area contributed by atoms with Crippen molar-refractivity contribution in [3.63, 3.8) is 0 Å². The molecule has 94 valence electrons. The van der Waals surface area contributed by atoms with Crippen molar-refractivity contribution >= 4 is 16.9 Å². The number of benzene rings is 2. The van der Waals surface area contributed by atoms with E-state index in [1.54, 1.807) is 12.2 Å². The quantitative estimate of drug-likeness (QED) is 0.753. The second-order valence-electron chi connectivity index (χ2n) is 4.99. The molecule has 0 heterocycles. The molecule has 1 heteroatoms. The first kappa shape index (κ1) is 11.2. The summed E-state index contributed by atoms with van der Waals surface area (Å²) in [4.78, 5) is 11.7. The molecular formula is C19H12O. The highest BCUT2D eigenvalue weighted by Gasteiger charge is 2.27. The Morgan fingerprint density at radius 2 is 1.40 bits per heavy atom. The monoisotopic (exact) mass is 256 g/mol. The van der Waals surface area contributed by atoms with Gasteiger partial charge in [0, 0.05) is 0 Å². The second kappa shape index (κ2) is 4.17. The van der Waals surface area contributed by atoms with Crippen molar-refractivity contribution in [3.05, 3.63) is 95.1 Å². The average Bonchev–Trinajstić information content (AvgIpc) is 2.82. The molecule has 0 unspecified atom stereocenters. The summed E-state index contributed by atoms with van der Waals surface area (Å²) in [6, 6.07) is 18.6. The van der Waals surface area contributed by atoms with Crippen LogP contribution in [-0.2, 0) is 4.79 Å². The van der Waals surface area contributed by atoms with Gasteiger partial charge >= 0.3 is 0 Å². The summed E-state index contributed by atoms with van der Waals surface area (Å²) in [5, 5.41) is 0. The molecule has 2 aromatic carbocycles. The van der Waals surface area contributed by atoms with Gasteiger partial charge in [0.25, 0.3) is 0 Å². The molecule has 0 radical (unpaired) electrons. The molecule has 1 nitrogen and oxygen atoms in total. The van der Waals surface area contributed by atoms with Gasteiger partial charge in [-0.25, -0.2) is 0 Å². The average molecular weight is 256 g/mol. The fourth-order valence-corrected chi connectivity index (χ4v) is 2.96. The Labute approximate surface area is 117 Å². The molecule has 2 aliphatic carbocycles. The van der Waals surface area contributed by atoms with E-state index in [4.69, 9.17) is 0 Å². The topological polar surface area (TPSA) is 17.1 Å². The molecule has 2 aromatic rings. The van der Waals surface area contributed by atoms with Gasteiger partial charge in [0.05, 0.1) is 0 Å². The fraction of sp³-hybridized carbons (Fsp3) is 0. The lowest BCUT2D eigenvalue weighted by Gasteiger charge is -2.08. The smallest absolute Gasteiger partial charge is 0.179 e. The van der Waals surface area contributed by atoms with Gasteiger partial charge in [0.1, 0.15) is 0 Å².